The molecule has 0 aromatic rings. The van der Waals surface area contributed by atoms with Gasteiger partial charge in [0.1, 0.15) is 8.11 Å². The fourth-order valence-electron chi connectivity index (χ4n) is 0. The lowest BCUT2D eigenvalue weighted by molar-refractivity contribution is 2.10. The minimum atomic E-state index is -0.667. The summed E-state index contributed by atoms with van der Waals surface area (Å²) in [5.41, 5.74) is 0. The molecule has 34 valence electrons. The molecule has 3 heteroatoms. The average molecular weight is 176 g/mol. The van der Waals surface area contributed by atoms with E-state index in [0.29, 0.717) is 0 Å². The van der Waals surface area contributed by atoms with Crippen LogP contribution < -0.4 is 0 Å². The molecule has 5 heavy (non-hydrogen) atoms. The predicted molar refractivity (Wildman–Crippen MR) is 35.1 cm³/mol. The molecule has 0 aromatic heterocycles. The third kappa shape index (κ3) is 45.7. The van der Waals surface area contributed by atoms with Crippen molar-refractivity contribution >= 4 is 36.2 Å². The molecule has 0 saturated carbocycles. The Balaban J connectivity index is 0. The van der Waals surface area contributed by atoms with Crippen molar-refractivity contribution in [2.45, 2.75) is 13.1 Å². The van der Waals surface area contributed by atoms with E-state index >= 15 is 0 Å². The van der Waals surface area contributed by atoms with Crippen molar-refractivity contribution in [1.82, 2.24) is 0 Å². The topological polar surface area (TPSA) is 0 Å². The molecule has 0 rings (SSSR count). The van der Waals surface area contributed by atoms with Gasteiger partial charge in [-0.05, 0) is 0 Å². The SMILES string of the molecule is Br.C[SiH](C)Cl. The molecule has 0 atom stereocenters. The first kappa shape index (κ1) is 9.37. The van der Waals surface area contributed by atoms with Gasteiger partial charge >= 0.3 is 0 Å². The lowest BCUT2D eigenvalue weighted by Gasteiger charge is -1.72. The van der Waals surface area contributed by atoms with Crippen molar-refractivity contribution < 1.29 is 0 Å². The Hall–Kier alpha value is 0.987. The van der Waals surface area contributed by atoms with Gasteiger partial charge < -0.3 is 0 Å². The van der Waals surface area contributed by atoms with Crippen LogP contribution >= 0.6 is 28.1 Å². The third-order valence-corrected chi connectivity index (χ3v) is 0. The van der Waals surface area contributed by atoms with Crippen LogP contribution in [-0.2, 0) is 0 Å². The van der Waals surface area contributed by atoms with Crippen LogP contribution in [-0.4, -0.2) is 8.11 Å². The fourth-order valence-corrected chi connectivity index (χ4v) is 0. The van der Waals surface area contributed by atoms with E-state index in [1.54, 1.807) is 0 Å². The Morgan fingerprint density at radius 1 is 1.40 bits per heavy atom. The Bertz CT molecular complexity index is 14.4. The minimum Gasteiger partial charge on any atom is -0.172 e. The van der Waals surface area contributed by atoms with Crippen LogP contribution in [0.4, 0.5) is 0 Å². The fraction of sp³-hybridized carbons (Fsp3) is 1.00. The van der Waals surface area contributed by atoms with E-state index in [1.807, 2.05) is 0 Å². The van der Waals surface area contributed by atoms with Crippen molar-refractivity contribution in [3.63, 3.8) is 0 Å². The molecule has 0 aliphatic heterocycles. The summed E-state index contributed by atoms with van der Waals surface area (Å²) in [6, 6.07) is 0. The molecule has 0 aliphatic carbocycles. The normalized spacial score (nSPS) is 7.20. The summed E-state index contributed by atoms with van der Waals surface area (Å²) in [7, 11) is -0.667. The van der Waals surface area contributed by atoms with Crippen LogP contribution in [0.25, 0.3) is 0 Å². The maximum absolute atomic E-state index is 5.41. The average Bonchev–Trinajstić information content (AvgIpc) is 0.811. The molecule has 0 spiro atoms. The van der Waals surface area contributed by atoms with E-state index < -0.39 is 8.11 Å². The van der Waals surface area contributed by atoms with Gasteiger partial charge in [0.15, 0.2) is 0 Å². The minimum absolute atomic E-state index is 0. The van der Waals surface area contributed by atoms with E-state index in [9.17, 15) is 0 Å². The molecule has 0 bridgehead atoms. The molecule has 0 amide bonds. The van der Waals surface area contributed by atoms with Crippen molar-refractivity contribution in [2.75, 3.05) is 0 Å². The van der Waals surface area contributed by atoms with Crippen LogP contribution in [0.5, 0.6) is 0 Å². The molecule has 0 heterocycles. The smallest absolute Gasteiger partial charge is 0.134 e. The number of halogens is 2. The first-order valence-electron chi connectivity index (χ1n) is 1.37. The summed E-state index contributed by atoms with van der Waals surface area (Å²) < 4.78 is 0. The molecular weight excluding hydrogens is 167 g/mol. The third-order valence-electron chi connectivity index (χ3n) is 0. The molecule has 0 fully saturated rings. The monoisotopic (exact) mass is 174 g/mol. The van der Waals surface area contributed by atoms with E-state index in [2.05, 4.69) is 13.1 Å². The van der Waals surface area contributed by atoms with Gasteiger partial charge in [0, 0.05) is 0 Å². The summed E-state index contributed by atoms with van der Waals surface area (Å²) in [6.45, 7) is 4.14. The Morgan fingerprint density at radius 3 is 1.40 bits per heavy atom. The predicted octanol–water partition coefficient (Wildman–Crippen LogP) is 1.79. The van der Waals surface area contributed by atoms with Gasteiger partial charge in [0.25, 0.3) is 0 Å². The molecule has 0 unspecified atom stereocenters. The van der Waals surface area contributed by atoms with Crippen LogP contribution in [0.1, 0.15) is 0 Å². The number of rotatable bonds is 0. The largest absolute Gasteiger partial charge is 0.172 e. The van der Waals surface area contributed by atoms with Crippen molar-refractivity contribution in [1.29, 1.82) is 0 Å². The van der Waals surface area contributed by atoms with Gasteiger partial charge in [-0.3, -0.25) is 0 Å². The lowest BCUT2D eigenvalue weighted by Crippen LogP contribution is -1.78. The van der Waals surface area contributed by atoms with E-state index in [4.69, 9.17) is 11.1 Å². The van der Waals surface area contributed by atoms with Gasteiger partial charge in [-0.15, -0.1) is 17.0 Å². The Kier molecular flexibility index (Phi) is 9.34. The molecular formula is C2H8BrClSi. The molecule has 0 saturated heterocycles. The molecule has 0 radical (unpaired) electrons. The number of hydrogen-bond donors (Lipinski definition) is 0. The van der Waals surface area contributed by atoms with Crippen molar-refractivity contribution in [3.8, 4) is 0 Å². The second-order valence-corrected chi connectivity index (χ2v) is 5.66. The van der Waals surface area contributed by atoms with Gasteiger partial charge in [0.05, 0.1) is 0 Å². The highest BCUT2D eigenvalue weighted by atomic mass is 79.9. The molecule has 0 N–H and O–H groups in total. The highest BCUT2D eigenvalue weighted by Crippen LogP contribution is 1.79. The molecule has 0 aliphatic rings. The summed E-state index contributed by atoms with van der Waals surface area (Å²) in [5.74, 6) is 0. The maximum atomic E-state index is 5.41. The van der Waals surface area contributed by atoms with Crippen molar-refractivity contribution in [2.24, 2.45) is 0 Å². The summed E-state index contributed by atoms with van der Waals surface area (Å²) >= 11 is 5.41. The highest BCUT2D eigenvalue weighted by molar-refractivity contribution is 8.93. The second kappa shape index (κ2) is 4.99. The van der Waals surface area contributed by atoms with E-state index in [0.717, 1.165) is 0 Å². The first-order chi connectivity index (χ1) is 1.73. The van der Waals surface area contributed by atoms with E-state index in [-0.39, 0.29) is 17.0 Å². The first-order valence-corrected chi connectivity index (χ1v) is 5.43. The Labute approximate surface area is 49.6 Å². The molecule has 0 nitrogen and oxygen atoms in total. The standard InChI is InChI=1S/C2H7ClSi.BrH/c1-4(2)3;/h4H,1-2H3;1H. The Morgan fingerprint density at radius 2 is 1.40 bits per heavy atom. The summed E-state index contributed by atoms with van der Waals surface area (Å²) in [4.78, 5) is 0. The quantitative estimate of drug-likeness (QED) is 0.389. The van der Waals surface area contributed by atoms with Crippen LogP contribution in [0.15, 0.2) is 0 Å². The van der Waals surface area contributed by atoms with Gasteiger partial charge in [0.2, 0.25) is 0 Å². The van der Waals surface area contributed by atoms with Crippen LogP contribution in [0.3, 0.4) is 0 Å². The van der Waals surface area contributed by atoms with Gasteiger partial charge in [-0.25, -0.2) is 0 Å². The lowest BCUT2D eigenvalue weighted by atomic mass is 11.9. The summed E-state index contributed by atoms with van der Waals surface area (Å²) in [5, 5.41) is 0. The molecule has 0 aromatic carbocycles. The highest BCUT2D eigenvalue weighted by Gasteiger charge is 1.76. The van der Waals surface area contributed by atoms with Crippen LogP contribution in [0, 0.1) is 0 Å². The summed E-state index contributed by atoms with van der Waals surface area (Å²) in [6.07, 6.45) is 0. The van der Waals surface area contributed by atoms with Crippen LogP contribution in [0.2, 0.25) is 13.1 Å². The maximum Gasteiger partial charge on any atom is 0.134 e. The van der Waals surface area contributed by atoms with Crippen molar-refractivity contribution in [3.05, 3.63) is 0 Å². The van der Waals surface area contributed by atoms with Gasteiger partial charge in [-0.2, -0.15) is 11.1 Å². The van der Waals surface area contributed by atoms with E-state index in [1.165, 1.54) is 0 Å². The van der Waals surface area contributed by atoms with Gasteiger partial charge in [-0.1, -0.05) is 13.1 Å². The zero-order chi connectivity index (χ0) is 3.58. The zero-order valence-electron chi connectivity index (χ0n) is 3.36. The number of hydrogen-bond acceptors (Lipinski definition) is 0. The zero-order valence-corrected chi connectivity index (χ0v) is 6.99. The second-order valence-electron chi connectivity index (χ2n) is 1.01.